The molecule has 1 aliphatic heterocycles. The maximum atomic E-state index is 11.6. The third-order valence-corrected chi connectivity index (χ3v) is 2.81. The second-order valence-electron chi connectivity index (χ2n) is 4.16. The molecule has 0 aliphatic carbocycles. The van der Waals surface area contributed by atoms with E-state index in [4.69, 9.17) is 5.26 Å². The van der Waals surface area contributed by atoms with Gasteiger partial charge in [0.1, 0.15) is 0 Å². The molecule has 0 saturated carbocycles. The number of hydrogen-bond donors (Lipinski definition) is 1. The van der Waals surface area contributed by atoms with E-state index in [-0.39, 0.29) is 6.03 Å². The van der Waals surface area contributed by atoms with Gasteiger partial charge in [0, 0.05) is 26.1 Å². The molecule has 4 heteroatoms. The Morgan fingerprint density at radius 3 is 2.80 bits per heavy atom. The quantitative estimate of drug-likeness (QED) is 0.720. The topological polar surface area (TPSA) is 56.1 Å². The number of nitrogens with one attached hydrogen (secondary N) is 1. The zero-order chi connectivity index (χ0) is 11.1. The van der Waals surface area contributed by atoms with Crippen LogP contribution in [0.25, 0.3) is 0 Å². The lowest BCUT2D eigenvalue weighted by Crippen LogP contribution is -2.44. The lowest BCUT2D eigenvalue weighted by atomic mass is 10.00. The number of nitrogens with zero attached hydrogens (tertiary/aromatic N) is 2. The van der Waals surface area contributed by atoms with Gasteiger partial charge in [0.25, 0.3) is 0 Å². The summed E-state index contributed by atoms with van der Waals surface area (Å²) in [5.41, 5.74) is 0. The standard InChI is InChI=1S/C11H19N3O/c1-10-4-8-14(9-5-10)11(15)13-7-3-2-6-12/h10H,2-5,7-9H2,1H3,(H,13,15). The van der Waals surface area contributed by atoms with E-state index in [1.54, 1.807) is 0 Å². The van der Waals surface area contributed by atoms with Crippen LogP contribution in [-0.4, -0.2) is 30.6 Å². The van der Waals surface area contributed by atoms with Crippen molar-refractivity contribution in [3.63, 3.8) is 0 Å². The van der Waals surface area contributed by atoms with E-state index >= 15 is 0 Å². The van der Waals surface area contributed by atoms with E-state index in [9.17, 15) is 4.79 Å². The molecule has 2 amide bonds. The van der Waals surface area contributed by atoms with Gasteiger partial charge in [-0.05, 0) is 25.2 Å². The molecule has 1 rings (SSSR count). The van der Waals surface area contributed by atoms with Crippen molar-refractivity contribution in [2.45, 2.75) is 32.6 Å². The summed E-state index contributed by atoms with van der Waals surface area (Å²) in [4.78, 5) is 13.5. The van der Waals surface area contributed by atoms with Gasteiger partial charge in [0.15, 0.2) is 0 Å². The summed E-state index contributed by atoms with van der Waals surface area (Å²) in [6.07, 6.45) is 3.46. The molecule has 0 aromatic heterocycles. The highest BCUT2D eigenvalue weighted by molar-refractivity contribution is 5.74. The lowest BCUT2D eigenvalue weighted by Gasteiger charge is -2.30. The van der Waals surface area contributed by atoms with Crippen LogP contribution in [0.4, 0.5) is 4.79 Å². The van der Waals surface area contributed by atoms with Crippen molar-refractivity contribution in [3.8, 4) is 6.07 Å². The van der Waals surface area contributed by atoms with Gasteiger partial charge in [-0.3, -0.25) is 0 Å². The molecule has 84 valence electrons. The van der Waals surface area contributed by atoms with Crippen molar-refractivity contribution in [3.05, 3.63) is 0 Å². The lowest BCUT2D eigenvalue weighted by molar-refractivity contribution is 0.174. The van der Waals surface area contributed by atoms with Crippen molar-refractivity contribution >= 4 is 6.03 Å². The van der Waals surface area contributed by atoms with Gasteiger partial charge in [-0.15, -0.1) is 0 Å². The van der Waals surface area contributed by atoms with E-state index < -0.39 is 0 Å². The molecule has 1 heterocycles. The van der Waals surface area contributed by atoms with E-state index in [1.165, 1.54) is 0 Å². The number of carbonyl (C=O) groups is 1. The molecule has 0 bridgehead atoms. The van der Waals surface area contributed by atoms with Crippen molar-refractivity contribution in [2.24, 2.45) is 5.92 Å². The van der Waals surface area contributed by atoms with Gasteiger partial charge < -0.3 is 10.2 Å². The second kappa shape index (κ2) is 6.28. The van der Waals surface area contributed by atoms with Crippen molar-refractivity contribution in [2.75, 3.05) is 19.6 Å². The first-order chi connectivity index (χ1) is 7.24. The Labute approximate surface area is 91.2 Å². The van der Waals surface area contributed by atoms with Crippen LogP contribution >= 0.6 is 0 Å². The number of unbranched alkanes of at least 4 members (excludes halogenated alkanes) is 1. The summed E-state index contributed by atoms with van der Waals surface area (Å²) < 4.78 is 0. The second-order valence-corrected chi connectivity index (χ2v) is 4.16. The van der Waals surface area contributed by atoms with Crippen molar-refractivity contribution in [1.29, 1.82) is 5.26 Å². The Hall–Kier alpha value is -1.24. The van der Waals surface area contributed by atoms with Crippen LogP contribution in [0.2, 0.25) is 0 Å². The average Bonchev–Trinajstić information content (AvgIpc) is 2.25. The Balaban J connectivity index is 2.14. The molecule has 0 atom stereocenters. The van der Waals surface area contributed by atoms with Crippen LogP contribution in [0.15, 0.2) is 0 Å². The average molecular weight is 209 g/mol. The minimum Gasteiger partial charge on any atom is -0.338 e. The molecule has 1 N–H and O–H groups in total. The molecule has 0 aromatic carbocycles. The zero-order valence-corrected chi connectivity index (χ0v) is 9.33. The van der Waals surface area contributed by atoms with Crippen LogP contribution in [0.1, 0.15) is 32.6 Å². The fraction of sp³-hybridized carbons (Fsp3) is 0.818. The predicted octanol–water partition coefficient (Wildman–Crippen LogP) is 1.73. The molecule has 4 nitrogen and oxygen atoms in total. The molecule has 0 spiro atoms. The number of carbonyl (C=O) groups excluding carboxylic acids is 1. The molecular formula is C11H19N3O. The van der Waals surface area contributed by atoms with Crippen LogP contribution in [0.5, 0.6) is 0 Å². The Kier molecular flexibility index (Phi) is 4.96. The zero-order valence-electron chi connectivity index (χ0n) is 9.33. The maximum Gasteiger partial charge on any atom is 0.317 e. The van der Waals surface area contributed by atoms with Crippen LogP contribution in [0, 0.1) is 17.2 Å². The summed E-state index contributed by atoms with van der Waals surface area (Å²) in [5.74, 6) is 0.743. The number of amides is 2. The van der Waals surface area contributed by atoms with Gasteiger partial charge >= 0.3 is 6.03 Å². The highest BCUT2D eigenvalue weighted by Gasteiger charge is 2.19. The largest absolute Gasteiger partial charge is 0.338 e. The maximum absolute atomic E-state index is 11.6. The molecule has 1 saturated heterocycles. The summed E-state index contributed by atoms with van der Waals surface area (Å²) in [7, 11) is 0. The number of likely N-dealkylation sites (tertiary alicyclic amines) is 1. The van der Waals surface area contributed by atoms with Gasteiger partial charge in [0.05, 0.1) is 6.07 Å². The Morgan fingerprint density at radius 1 is 1.53 bits per heavy atom. The molecular weight excluding hydrogens is 190 g/mol. The highest BCUT2D eigenvalue weighted by atomic mass is 16.2. The monoisotopic (exact) mass is 209 g/mol. The summed E-state index contributed by atoms with van der Waals surface area (Å²) >= 11 is 0. The molecule has 0 aromatic rings. The SMILES string of the molecule is CC1CCN(C(=O)NCCCC#N)CC1. The van der Waals surface area contributed by atoms with Crippen molar-refractivity contribution < 1.29 is 4.79 Å². The highest BCUT2D eigenvalue weighted by Crippen LogP contribution is 2.15. The number of urea groups is 1. The molecule has 1 aliphatic rings. The van der Waals surface area contributed by atoms with Crippen LogP contribution < -0.4 is 5.32 Å². The first kappa shape index (κ1) is 11.8. The van der Waals surface area contributed by atoms with E-state index in [1.807, 2.05) is 4.90 Å². The smallest absolute Gasteiger partial charge is 0.317 e. The molecule has 0 radical (unpaired) electrons. The summed E-state index contributed by atoms with van der Waals surface area (Å²) in [6, 6.07) is 2.09. The van der Waals surface area contributed by atoms with E-state index in [0.29, 0.717) is 13.0 Å². The fourth-order valence-corrected chi connectivity index (χ4v) is 1.69. The fourth-order valence-electron chi connectivity index (χ4n) is 1.69. The number of piperidine rings is 1. The molecule has 15 heavy (non-hydrogen) atoms. The van der Waals surface area contributed by atoms with Gasteiger partial charge in [0.2, 0.25) is 0 Å². The van der Waals surface area contributed by atoms with Gasteiger partial charge in [-0.2, -0.15) is 5.26 Å². The van der Waals surface area contributed by atoms with Crippen molar-refractivity contribution in [1.82, 2.24) is 10.2 Å². The third-order valence-electron chi connectivity index (χ3n) is 2.81. The van der Waals surface area contributed by atoms with E-state index in [0.717, 1.165) is 38.3 Å². The Bertz CT molecular complexity index is 239. The first-order valence-electron chi connectivity index (χ1n) is 5.63. The minimum absolute atomic E-state index is 0.0276. The van der Waals surface area contributed by atoms with Crippen LogP contribution in [0.3, 0.4) is 0 Å². The normalized spacial score (nSPS) is 17.2. The van der Waals surface area contributed by atoms with Crippen LogP contribution in [-0.2, 0) is 0 Å². The van der Waals surface area contributed by atoms with Gasteiger partial charge in [-0.1, -0.05) is 6.92 Å². The Morgan fingerprint density at radius 2 is 2.20 bits per heavy atom. The first-order valence-corrected chi connectivity index (χ1v) is 5.63. The number of hydrogen-bond acceptors (Lipinski definition) is 2. The van der Waals surface area contributed by atoms with E-state index in [2.05, 4.69) is 18.3 Å². The molecule has 1 fully saturated rings. The summed E-state index contributed by atoms with van der Waals surface area (Å²) in [5, 5.41) is 11.2. The molecule has 0 unspecified atom stereocenters. The van der Waals surface area contributed by atoms with Gasteiger partial charge in [-0.25, -0.2) is 4.79 Å². The minimum atomic E-state index is 0.0276. The third kappa shape index (κ3) is 4.20. The predicted molar refractivity (Wildman–Crippen MR) is 58.2 cm³/mol. The summed E-state index contributed by atoms with van der Waals surface area (Å²) in [6.45, 7) is 4.57. The number of nitriles is 1. The number of rotatable bonds is 3.